The molecule has 0 spiro atoms. The van der Waals surface area contributed by atoms with Gasteiger partial charge in [-0.3, -0.25) is 0 Å². The van der Waals surface area contributed by atoms with Crippen LogP contribution in [-0.2, 0) is 10.0 Å². The Labute approximate surface area is 170 Å². The van der Waals surface area contributed by atoms with E-state index in [4.69, 9.17) is 4.52 Å². The first-order valence-electron chi connectivity index (χ1n) is 8.79. The van der Waals surface area contributed by atoms with Crippen molar-refractivity contribution in [3.63, 3.8) is 0 Å². The molecule has 0 radical (unpaired) electrons. The molecule has 1 aromatic heterocycles. The number of piperidine rings is 1. The first-order valence-corrected chi connectivity index (χ1v) is 11.0. The molecular formula is C19H17BrFN3O3S. The van der Waals surface area contributed by atoms with Crippen LogP contribution in [0.4, 0.5) is 4.39 Å². The Morgan fingerprint density at radius 1 is 1.11 bits per heavy atom. The van der Waals surface area contributed by atoms with Crippen LogP contribution in [0.2, 0.25) is 0 Å². The quantitative estimate of drug-likeness (QED) is 0.576. The third-order valence-corrected chi connectivity index (χ3v) is 7.14. The summed E-state index contributed by atoms with van der Waals surface area (Å²) in [6, 6.07) is 12.4. The zero-order valence-corrected chi connectivity index (χ0v) is 17.2. The molecule has 6 nitrogen and oxygen atoms in total. The van der Waals surface area contributed by atoms with E-state index in [1.54, 1.807) is 36.4 Å². The third kappa shape index (κ3) is 3.87. The summed E-state index contributed by atoms with van der Waals surface area (Å²) in [4.78, 5) is 4.66. The van der Waals surface area contributed by atoms with E-state index < -0.39 is 10.0 Å². The molecule has 9 heteroatoms. The predicted octanol–water partition coefficient (Wildman–Crippen LogP) is 4.21. The predicted molar refractivity (Wildman–Crippen MR) is 105 cm³/mol. The van der Waals surface area contributed by atoms with Gasteiger partial charge in [0.25, 0.3) is 0 Å². The number of hydrogen-bond acceptors (Lipinski definition) is 5. The van der Waals surface area contributed by atoms with Crippen molar-refractivity contribution in [2.75, 3.05) is 13.1 Å². The van der Waals surface area contributed by atoms with Crippen molar-refractivity contribution in [2.24, 2.45) is 0 Å². The average molecular weight is 466 g/mol. The van der Waals surface area contributed by atoms with Gasteiger partial charge < -0.3 is 4.52 Å². The minimum absolute atomic E-state index is 0.180. The fourth-order valence-electron chi connectivity index (χ4n) is 3.24. The van der Waals surface area contributed by atoms with Crippen molar-refractivity contribution in [2.45, 2.75) is 23.7 Å². The molecule has 2 heterocycles. The van der Waals surface area contributed by atoms with E-state index in [0.717, 1.165) is 10.9 Å². The molecule has 146 valence electrons. The topological polar surface area (TPSA) is 76.3 Å². The van der Waals surface area contributed by atoms with Crippen molar-refractivity contribution < 1.29 is 17.3 Å². The van der Waals surface area contributed by atoms with E-state index in [9.17, 15) is 12.8 Å². The van der Waals surface area contributed by atoms with Crippen molar-refractivity contribution in [3.05, 3.63) is 64.7 Å². The van der Waals surface area contributed by atoms with Gasteiger partial charge >= 0.3 is 0 Å². The maximum absolute atomic E-state index is 13.1. The smallest absolute Gasteiger partial charge is 0.243 e. The van der Waals surface area contributed by atoms with Gasteiger partial charge in [0.2, 0.25) is 21.7 Å². The highest BCUT2D eigenvalue weighted by Gasteiger charge is 2.33. The van der Waals surface area contributed by atoms with Gasteiger partial charge in [-0.25, -0.2) is 12.8 Å². The molecule has 1 fully saturated rings. The normalized spacial score (nSPS) is 18.3. The van der Waals surface area contributed by atoms with E-state index in [1.807, 2.05) is 0 Å². The molecule has 1 saturated heterocycles. The van der Waals surface area contributed by atoms with Crippen molar-refractivity contribution in [1.29, 1.82) is 0 Å². The monoisotopic (exact) mass is 465 g/mol. The fraction of sp³-hybridized carbons (Fsp3) is 0.263. The molecule has 1 aliphatic rings. The molecule has 1 atom stereocenters. The van der Waals surface area contributed by atoms with Gasteiger partial charge in [-0.2, -0.15) is 9.29 Å². The van der Waals surface area contributed by atoms with Gasteiger partial charge in [-0.15, -0.1) is 0 Å². The van der Waals surface area contributed by atoms with Crippen LogP contribution in [-0.4, -0.2) is 36.0 Å². The number of nitrogens with zero attached hydrogens (tertiary/aromatic N) is 3. The number of halogens is 2. The molecule has 0 amide bonds. The molecule has 1 unspecified atom stereocenters. The lowest BCUT2D eigenvalue weighted by atomic mass is 10.00. The standard InChI is InChI=1S/C19H17BrFN3O3S/c20-15-5-9-17(10-6-15)28(25,26)24-11-1-2-14(12-24)19-22-18(23-27-19)13-3-7-16(21)8-4-13/h3-10,14H,1-2,11-12H2. The lowest BCUT2D eigenvalue weighted by Gasteiger charge is -2.30. The molecule has 28 heavy (non-hydrogen) atoms. The number of aromatic nitrogens is 2. The number of rotatable bonds is 4. The largest absolute Gasteiger partial charge is 0.339 e. The van der Waals surface area contributed by atoms with Crippen molar-refractivity contribution >= 4 is 26.0 Å². The van der Waals surface area contributed by atoms with Gasteiger partial charge in [0.15, 0.2) is 0 Å². The van der Waals surface area contributed by atoms with Crippen molar-refractivity contribution in [1.82, 2.24) is 14.4 Å². The lowest BCUT2D eigenvalue weighted by molar-refractivity contribution is 0.265. The second-order valence-electron chi connectivity index (χ2n) is 6.62. The highest BCUT2D eigenvalue weighted by molar-refractivity contribution is 9.10. The minimum Gasteiger partial charge on any atom is -0.339 e. The van der Waals surface area contributed by atoms with E-state index in [-0.39, 0.29) is 23.2 Å². The molecule has 3 aromatic rings. The Kier molecular flexibility index (Phi) is 5.31. The van der Waals surface area contributed by atoms with E-state index >= 15 is 0 Å². The van der Waals surface area contributed by atoms with E-state index in [0.29, 0.717) is 30.2 Å². The van der Waals surface area contributed by atoms with E-state index in [1.165, 1.54) is 16.4 Å². The molecule has 0 saturated carbocycles. The second-order valence-corrected chi connectivity index (χ2v) is 9.47. The highest BCUT2D eigenvalue weighted by Crippen LogP contribution is 2.31. The highest BCUT2D eigenvalue weighted by atomic mass is 79.9. The maximum Gasteiger partial charge on any atom is 0.243 e. The Morgan fingerprint density at radius 3 is 2.54 bits per heavy atom. The zero-order chi connectivity index (χ0) is 19.7. The molecule has 4 rings (SSSR count). The van der Waals surface area contributed by atoms with Crippen LogP contribution in [0.15, 0.2) is 62.4 Å². The van der Waals surface area contributed by atoms with Crippen LogP contribution in [0.3, 0.4) is 0 Å². The molecule has 1 aliphatic heterocycles. The Morgan fingerprint density at radius 2 is 1.82 bits per heavy atom. The van der Waals surface area contributed by atoms with Crippen molar-refractivity contribution in [3.8, 4) is 11.4 Å². The first-order chi connectivity index (χ1) is 13.4. The lowest BCUT2D eigenvalue weighted by Crippen LogP contribution is -2.39. The maximum atomic E-state index is 13.1. The molecular weight excluding hydrogens is 449 g/mol. The van der Waals surface area contributed by atoms with Crippen LogP contribution in [0.5, 0.6) is 0 Å². The number of hydrogen-bond donors (Lipinski definition) is 0. The van der Waals surface area contributed by atoms with Crippen LogP contribution in [0, 0.1) is 5.82 Å². The SMILES string of the molecule is O=S(=O)(c1ccc(Br)cc1)N1CCCC(c2nc(-c3ccc(F)cc3)no2)C1. The average Bonchev–Trinajstić information content (AvgIpc) is 3.19. The van der Waals surface area contributed by atoms with Gasteiger partial charge in [0, 0.05) is 23.1 Å². The first kappa shape index (κ1) is 19.2. The van der Waals surface area contributed by atoms with Crippen LogP contribution >= 0.6 is 15.9 Å². The third-order valence-electron chi connectivity index (χ3n) is 4.73. The molecule has 0 aliphatic carbocycles. The van der Waals surface area contributed by atoms with Crippen LogP contribution < -0.4 is 0 Å². The number of benzene rings is 2. The molecule has 0 N–H and O–H groups in total. The van der Waals surface area contributed by atoms with Crippen LogP contribution in [0.1, 0.15) is 24.7 Å². The zero-order valence-electron chi connectivity index (χ0n) is 14.8. The Balaban J connectivity index is 1.54. The summed E-state index contributed by atoms with van der Waals surface area (Å²) < 4.78 is 46.6. The van der Waals surface area contributed by atoms with Crippen LogP contribution in [0.25, 0.3) is 11.4 Å². The fourth-order valence-corrected chi connectivity index (χ4v) is 5.02. The van der Waals surface area contributed by atoms with Gasteiger partial charge in [0.05, 0.1) is 10.8 Å². The number of sulfonamides is 1. The minimum atomic E-state index is -3.59. The summed E-state index contributed by atoms with van der Waals surface area (Å²) in [6.07, 6.45) is 1.46. The summed E-state index contributed by atoms with van der Waals surface area (Å²) in [6.45, 7) is 0.733. The summed E-state index contributed by atoms with van der Waals surface area (Å²) in [5.74, 6) is 0.243. The molecule has 2 aromatic carbocycles. The summed E-state index contributed by atoms with van der Waals surface area (Å²) >= 11 is 3.32. The van der Waals surface area contributed by atoms with Gasteiger partial charge in [0.1, 0.15) is 5.82 Å². The summed E-state index contributed by atoms with van der Waals surface area (Å²) in [5, 5.41) is 3.96. The molecule has 0 bridgehead atoms. The Hall–Kier alpha value is -2.10. The van der Waals surface area contributed by atoms with Gasteiger partial charge in [-0.1, -0.05) is 21.1 Å². The second kappa shape index (κ2) is 7.73. The Bertz CT molecular complexity index is 1070. The van der Waals surface area contributed by atoms with E-state index in [2.05, 4.69) is 26.1 Å². The summed E-state index contributed by atoms with van der Waals surface area (Å²) in [7, 11) is -3.59. The van der Waals surface area contributed by atoms with Gasteiger partial charge in [-0.05, 0) is 61.4 Å². The summed E-state index contributed by atoms with van der Waals surface area (Å²) in [5.41, 5.74) is 0.645.